The number of aromatic nitrogens is 2. The molecule has 1 amide bonds. The van der Waals surface area contributed by atoms with Crippen molar-refractivity contribution in [2.45, 2.75) is 32.7 Å². The first-order chi connectivity index (χ1) is 13.5. The Labute approximate surface area is 164 Å². The first-order valence-corrected chi connectivity index (χ1v) is 9.55. The minimum atomic E-state index is -0.110. The standard InChI is InChI=1S/C23H24N4O/c1-15-13-16(2)27-12-10-21(22(27)25-15)23(28)26-17(3)18-6-8-19(9-7-18)20-5-4-11-24-14-20/h4-13,17,20H,14H2,1-3H3,(H,26,28). The van der Waals surface area contributed by atoms with Gasteiger partial charge in [-0.2, -0.15) is 0 Å². The highest BCUT2D eigenvalue weighted by Crippen LogP contribution is 2.23. The van der Waals surface area contributed by atoms with Crippen LogP contribution in [0.15, 0.2) is 59.7 Å². The van der Waals surface area contributed by atoms with Gasteiger partial charge in [-0.1, -0.05) is 30.3 Å². The van der Waals surface area contributed by atoms with Crippen molar-refractivity contribution in [3.05, 3.63) is 82.8 Å². The Kier molecular flexibility index (Phi) is 4.82. The van der Waals surface area contributed by atoms with Crippen LogP contribution in [-0.2, 0) is 0 Å². The fourth-order valence-electron chi connectivity index (χ4n) is 3.66. The van der Waals surface area contributed by atoms with Crippen molar-refractivity contribution in [2.75, 3.05) is 6.54 Å². The molecule has 2 aromatic heterocycles. The topological polar surface area (TPSA) is 58.8 Å². The van der Waals surface area contributed by atoms with E-state index in [-0.39, 0.29) is 11.9 Å². The van der Waals surface area contributed by atoms with E-state index in [1.54, 1.807) is 0 Å². The number of allylic oxidation sites excluding steroid dienone is 1. The smallest absolute Gasteiger partial charge is 0.255 e. The van der Waals surface area contributed by atoms with Gasteiger partial charge in [0.05, 0.1) is 11.6 Å². The van der Waals surface area contributed by atoms with Crippen molar-refractivity contribution in [3.63, 3.8) is 0 Å². The number of carbonyl (C=O) groups excluding carboxylic acids is 1. The second-order valence-corrected chi connectivity index (χ2v) is 7.33. The summed E-state index contributed by atoms with van der Waals surface area (Å²) in [4.78, 5) is 21.7. The van der Waals surface area contributed by atoms with Crippen molar-refractivity contribution < 1.29 is 4.79 Å². The molecular formula is C23H24N4O. The summed E-state index contributed by atoms with van der Waals surface area (Å²) in [6.07, 6.45) is 7.89. The van der Waals surface area contributed by atoms with E-state index in [9.17, 15) is 4.79 Å². The Morgan fingerprint density at radius 2 is 2.00 bits per heavy atom. The summed E-state index contributed by atoms with van der Waals surface area (Å²) in [6.45, 7) is 6.74. The molecule has 0 bridgehead atoms. The molecule has 2 unspecified atom stereocenters. The lowest BCUT2D eigenvalue weighted by molar-refractivity contribution is 0.0941. The third-order valence-corrected chi connectivity index (χ3v) is 5.23. The third-order valence-electron chi connectivity index (χ3n) is 5.23. The lowest BCUT2D eigenvalue weighted by Gasteiger charge is -2.17. The van der Waals surface area contributed by atoms with Crippen molar-refractivity contribution in [3.8, 4) is 0 Å². The molecule has 1 aliphatic heterocycles. The van der Waals surface area contributed by atoms with Crippen LogP contribution in [0.5, 0.6) is 0 Å². The van der Waals surface area contributed by atoms with E-state index in [0.717, 1.165) is 23.5 Å². The number of aliphatic imine (C=N–C) groups is 1. The number of nitrogens with one attached hydrogen (secondary N) is 1. The summed E-state index contributed by atoms with van der Waals surface area (Å²) in [5.74, 6) is 0.218. The van der Waals surface area contributed by atoms with E-state index in [1.807, 2.05) is 55.8 Å². The average Bonchev–Trinajstić information content (AvgIpc) is 3.13. The Morgan fingerprint density at radius 1 is 1.21 bits per heavy atom. The average molecular weight is 372 g/mol. The quantitative estimate of drug-likeness (QED) is 0.747. The number of aryl methyl sites for hydroxylation is 2. The summed E-state index contributed by atoms with van der Waals surface area (Å²) in [5, 5.41) is 3.10. The van der Waals surface area contributed by atoms with Crippen molar-refractivity contribution in [2.24, 2.45) is 4.99 Å². The number of nitrogens with zero attached hydrogens (tertiary/aromatic N) is 3. The zero-order valence-electron chi connectivity index (χ0n) is 16.4. The summed E-state index contributed by atoms with van der Waals surface area (Å²) in [7, 11) is 0. The molecule has 5 nitrogen and oxygen atoms in total. The molecule has 1 aliphatic rings. The zero-order valence-corrected chi connectivity index (χ0v) is 16.4. The van der Waals surface area contributed by atoms with Crippen LogP contribution in [0.25, 0.3) is 5.65 Å². The predicted octanol–water partition coefficient (Wildman–Crippen LogP) is 4.17. The monoisotopic (exact) mass is 372 g/mol. The molecule has 3 heterocycles. The van der Waals surface area contributed by atoms with Crippen LogP contribution in [0, 0.1) is 13.8 Å². The van der Waals surface area contributed by atoms with Gasteiger partial charge in [0, 0.05) is 36.3 Å². The SMILES string of the molecule is Cc1cc(C)n2ccc(C(=O)NC(C)c3ccc(C4C=CC=NC4)cc3)c2n1. The lowest BCUT2D eigenvalue weighted by Crippen LogP contribution is -2.26. The molecule has 0 spiro atoms. The van der Waals surface area contributed by atoms with Crippen LogP contribution in [0.2, 0.25) is 0 Å². The van der Waals surface area contributed by atoms with E-state index in [4.69, 9.17) is 0 Å². The molecule has 0 aliphatic carbocycles. The van der Waals surface area contributed by atoms with E-state index in [0.29, 0.717) is 17.1 Å². The number of hydrogen-bond donors (Lipinski definition) is 1. The van der Waals surface area contributed by atoms with E-state index in [2.05, 4.69) is 45.6 Å². The van der Waals surface area contributed by atoms with Gasteiger partial charge < -0.3 is 9.72 Å². The van der Waals surface area contributed by atoms with Crippen LogP contribution in [0.1, 0.15) is 51.8 Å². The molecular weight excluding hydrogens is 348 g/mol. The van der Waals surface area contributed by atoms with Gasteiger partial charge in [-0.15, -0.1) is 0 Å². The largest absolute Gasteiger partial charge is 0.345 e. The Bertz CT molecular complexity index is 1080. The van der Waals surface area contributed by atoms with Gasteiger partial charge in [-0.25, -0.2) is 4.98 Å². The van der Waals surface area contributed by atoms with Gasteiger partial charge in [-0.05, 0) is 50.1 Å². The second kappa shape index (κ2) is 7.43. The van der Waals surface area contributed by atoms with E-state index >= 15 is 0 Å². The van der Waals surface area contributed by atoms with Gasteiger partial charge in [-0.3, -0.25) is 9.79 Å². The molecule has 2 atom stereocenters. The summed E-state index contributed by atoms with van der Waals surface area (Å²) < 4.78 is 1.95. The normalized spacial score (nSPS) is 17.0. The maximum absolute atomic E-state index is 12.9. The summed E-state index contributed by atoms with van der Waals surface area (Å²) in [5.41, 5.74) is 5.57. The van der Waals surface area contributed by atoms with Crippen LogP contribution in [0.4, 0.5) is 0 Å². The molecule has 5 heteroatoms. The minimum absolute atomic E-state index is 0.0951. The maximum atomic E-state index is 12.9. The van der Waals surface area contributed by atoms with Crippen LogP contribution >= 0.6 is 0 Å². The molecule has 4 rings (SSSR count). The Morgan fingerprint density at radius 3 is 2.71 bits per heavy atom. The molecule has 0 radical (unpaired) electrons. The van der Waals surface area contributed by atoms with E-state index in [1.165, 1.54) is 5.56 Å². The fraction of sp³-hybridized carbons (Fsp3) is 0.261. The molecule has 28 heavy (non-hydrogen) atoms. The number of carbonyl (C=O) groups is 1. The number of benzene rings is 1. The van der Waals surface area contributed by atoms with Crippen molar-refractivity contribution >= 4 is 17.8 Å². The van der Waals surface area contributed by atoms with Gasteiger partial charge in [0.2, 0.25) is 0 Å². The van der Waals surface area contributed by atoms with Gasteiger partial charge in [0.15, 0.2) is 0 Å². The molecule has 0 saturated carbocycles. The summed E-state index contributed by atoms with van der Waals surface area (Å²) >= 11 is 0. The minimum Gasteiger partial charge on any atom is -0.345 e. The number of amides is 1. The first kappa shape index (κ1) is 18.2. The number of rotatable bonds is 4. The highest BCUT2D eigenvalue weighted by molar-refractivity contribution is 6.00. The van der Waals surface area contributed by atoms with Gasteiger partial charge in [0.1, 0.15) is 5.65 Å². The molecule has 0 saturated heterocycles. The summed E-state index contributed by atoms with van der Waals surface area (Å²) in [6, 6.07) is 12.1. The molecule has 142 valence electrons. The van der Waals surface area contributed by atoms with E-state index < -0.39 is 0 Å². The highest BCUT2D eigenvalue weighted by atomic mass is 16.1. The van der Waals surface area contributed by atoms with Crippen molar-refractivity contribution in [1.29, 1.82) is 0 Å². The molecule has 3 aromatic rings. The molecule has 1 aromatic carbocycles. The fourth-order valence-corrected chi connectivity index (χ4v) is 3.66. The van der Waals surface area contributed by atoms with Crippen LogP contribution < -0.4 is 5.32 Å². The third kappa shape index (κ3) is 3.48. The molecule has 0 fully saturated rings. The number of fused-ring (bicyclic) bond motifs is 1. The number of dihydropyridines is 1. The van der Waals surface area contributed by atoms with Crippen LogP contribution in [-0.4, -0.2) is 28.1 Å². The highest BCUT2D eigenvalue weighted by Gasteiger charge is 2.17. The van der Waals surface area contributed by atoms with Gasteiger partial charge in [0.25, 0.3) is 5.91 Å². The Hall–Kier alpha value is -3.21. The molecule has 1 N–H and O–H groups in total. The zero-order chi connectivity index (χ0) is 19.7. The first-order valence-electron chi connectivity index (χ1n) is 9.55. The second-order valence-electron chi connectivity index (χ2n) is 7.33. The van der Waals surface area contributed by atoms with Crippen molar-refractivity contribution in [1.82, 2.24) is 14.7 Å². The lowest BCUT2D eigenvalue weighted by atomic mass is 9.95. The maximum Gasteiger partial charge on any atom is 0.255 e. The predicted molar refractivity (Wildman–Crippen MR) is 112 cm³/mol. The Balaban J connectivity index is 1.50. The van der Waals surface area contributed by atoms with Crippen LogP contribution in [0.3, 0.4) is 0 Å². The number of hydrogen-bond acceptors (Lipinski definition) is 3. The van der Waals surface area contributed by atoms with Gasteiger partial charge >= 0.3 is 0 Å².